The summed E-state index contributed by atoms with van der Waals surface area (Å²) in [7, 11) is 1.75. The third-order valence-corrected chi connectivity index (χ3v) is 3.78. The highest BCUT2D eigenvalue weighted by Crippen LogP contribution is 2.17. The van der Waals surface area contributed by atoms with Crippen LogP contribution in [-0.4, -0.2) is 31.3 Å². The maximum absolute atomic E-state index is 5.15. The van der Waals surface area contributed by atoms with Crippen molar-refractivity contribution < 1.29 is 4.74 Å². The number of nitrogens with one attached hydrogen (secondary N) is 1. The molecule has 0 aliphatic rings. The van der Waals surface area contributed by atoms with Crippen LogP contribution in [0.2, 0.25) is 0 Å². The quantitative estimate of drug-likeness (QED) is 0.797. The van der Waals surface area contributed by atoms with Gasteiger partial charge in [0.2, 0.25) is 0 Å². The van der Waals surface area contributed by atoms with Gasteiger partial charge in [0, 0.05) is 24.6 Å². The van der Waals surface area contributed by atoms with Crippen molar-refractivity contribution in [3.63, 3.8) is 0 Å². The number of aryl methyl sites for hydroxylation is 2. The van der Waals surface area contributed by atoms with Gasteiger partial charge < -0.3 is 10.1 Å². The fourth-order valence-corrected chi connectivity index (χ4v) is 2.65. The van der Waals surface area contributed by atoms with Gasteiger partial charge in [-0.1, -0.05) is 6.92 Å². The van der Waals surface area contributed by atoms with Gasteiger partial charge in [-0.2, -0.15) is 0 Å². The van der Waals surface area contributed by atoms with Gasteiger partial charge in [0.15, 0.2) is 0 Å². The van der Waals surface area contributed by atoms with E-state index in [9.17, 15) is 0 Å². The molecule has 1 unspecified atom stereocenters. The van der Waals surface area contributed by atoms with E-state index in [2.05, 4.69) is 31.1 Å². The molecule has 16 heavy (non-hydrogen) atoms. The van der Waals surface area contributed by atoms with Crippen LogP contribution < -0.4 is 5.32 Å². The Balaban J connectivity index is 2.32. The zero-order valence-corrected chi connectivity index (χ0v) is 11.5. The number of nitrogens with zero attached hydrogens (tertiary/aromatic N) is 1. The lowest BCUT2D eigenvalue weighted by Gasteiger charge is -2.15. The zero-order valence-electron chi connectivity index (χ0n) is 10.7. The molecule has 1 N–H and O–H groups in total. The van der Waals surface area contributed by atoms with Gasteiger partial charge in [-0.3, -0.25) is 0 Å². The summed E-state index contributed by atoms with van der Waals surface area (Å²) in [5, 5.41) is 4.67. The second kappa shape index (κ2) is 6.99. The molecule has 1 aromatic rings. The molecule has 0 bridgehead atoms. The van der Waals surface area contributed by atoms with E-state index < -0.39 is 0 Å². The molecule has 1 heterocycles. The molecule has 92 valence electrons. The normalized spacial score (nSPS) is 13.0. The summed E-state index contributed by atoms with van der Waals surface area (Å²) in [5.74, 6) is 0. The van der Waals surface area contributed by atoms with Crippen LogP contribution in [0, 0.1) is 13.8 Å². The molecule has 4 heteroatoms. The molecule has 0 aromatic carbocycles. The van der Waals surface area contributed by atoms with Gasteiger partial charge in [0.25, 0.3) is 0 Å². The largest absolute Gasteiger partial charge is 0.383 e. The minimum Gasteiger partial charge on any atom is -0.383 e. The molecule has 1 rings (SSSR count). The summed E-state index contributed by atoms with van der Waals surface area (Å²) in [6.45, 7) is 8.12. The van der Waals surface area contributed by atoms with Gasteiger partial charge in [-0.05, 0) is 26.7 Å². The zero-order chi connectivity index (χ0) is 12.0. The standard InChI is InChI=1S/C12H22N2OS/c1-5-11(8-15-4)13-7-6-12-9(2)14-10(3)16-12/h11,13H,5-8H2,1-4H3. The van der Waals surface area contributed by atoms with Gasteiger partial charge >= 0.3 is 0 Å². The molecule has 0 spiro atoms. The summed E-state index contributed by atoms with van der Waals surface area (Å²) in [6.07, 6.45) is 2.17. The fourth-order valence-electron chi connectivity index (χ4n) is 1.72. The highest BCUT2D eigenvalue weighted by molar-refractivity contribution is 7.11. The minimum atomic E-state index is 0.472. The SMILES string of the molecule is CCC(COC)NCCc1sc(C)nc1C. The highest BCUT2D eigenvalue weighted by Gasteiger charge is 2.07. The van der Waals surface area contributed by atoms with E-state index in [1.165, 1.54) is 10.6 Å². The number of thiazole rings is 1. The first-order chi connectivity index (χ1) is 7.67. The van der Waals surface area contributed by atoms with Crippen molar-refractivity contribution in [2.45, 2.75) is 39.7 Å². The minimum absolute atomic E-state index is 0.472. The lowest BCUT2D eigenvalue weighted by Crippen LogP contribution is -2.33. The van der Waals surface area contributed by atoms with E-state index in [0.29, 0.717) is 6.04 Å². The average Bonchev–Trinajstić information content (AvgIpc) is 2.56. The Morgan fingerprint density at radius 2 is 2.19 bits per heavy atom. The van der Waals surface area contributed by atoms with E-state index in [-0.39, 0.29) is 0 Å². The average molecular weight is 242 g/mol. The van der Waals surface area contributed by atoms with Gasteiger partial charge in [0.1, 0.15) is 0 Å². The molecule has 0 radical (unpaired) electrons. The van der Waals surface area contributed by atoms with Gasteiger partial charge in [-0.15, -0.1) is 11.3 Å². The number of hydrogen-bond acceptors (Lipinski definition) is 4. The van der Waals surface area contributed by atoms with Gasteiger partial charge in [-0.25, -0.2) is 4.98 Å². The Bertz CT molecular complexity index is 312. The molecule has 0 saturated heterocycles. The van der Waals surface area contributed by atoms with Crippen LogP contribution in [0.15, 0.2) is 0 Å². The van der Waals surface area contributed by atoms with Gasteiger partial charge in [0.05, 0.1) is 17.3 Å². The summed E-state index contributed by atoms with van der Waals surface area (Å²) < 4.78 is 5.15. The number of ether oxygens (including phenoxy) is 1. The summed E-state index contributed by atoms with van der Waals surface area (Å²) >= 11 is 1.80. The molecule has 0 fully saturated rings. The lowest BCUT2D eigenvalue weighted by molar-refractivity contribution is 0.165. The van der Waals surface area contributed by atoms with Crippen LogP contribution in [0.5, 0.6) is 0 Å². The number of aromatic nitrogens is 1. The number of methoxy groups -OCH3 is 1. The predicted molar refractivity (Wildman–Crippen MR) is 69.2 cm³/mol. The van der Waals surface area contributed by atoms with Crippen LogP contribution in [-0.2, 0) is 11.2 Å². The number of hydrogen-bond donors (Lipinski definition) is 1. The van der Waals surface area contributed by atoms with Crippen LogP contribution >= 0.6 is 11.3 Å². The second-order valence-electron chi connectivity index (χ2n) is 4.01. The summed E-state index contributed by atoms with van der Waals surface area (Å²) in [5.41, 5.74) is 1.18. The monoisotopic (exact) mass is 242 g/mol. The predicted octanol–water partition coefficient (Wildman–Crippen LogP) is 2.32. The van der Waals surface area contributed by atoms with E-state index in [1.807, 2.05) is 0 Å². The maximum Gasteiger partial charge on any atom is 0.0900 e. The molecule has 0 aliphatic carbocycles. The molecular formula is C12H22N2OS. The first-order valence-electron chi connectivity index (χ1n) is 5.82. The third kappa shape index (κ3) is 4.20. The lowest BCUT2D eigenvalue weighted by atomic mass is 10.2. The van der Waals surface area contributed by atoms with Crippen molar-refractivity contribution >= 4 is 11.3 Å². The maximum atomic E-state index is 5.15. The smallest absolute Gasteiger partial charge is 0.0900 e. The van der Waals surface area contributed by atoms with Crippen molar-refractivity contribution in [2.24, 2.45) is 0 Å². The summed E-state index contributed by atoms with van der Waals surface area (Å²) in [6, 6.07) is 0.472. The van der Waals surface area contributed by atoms with E-state index >= 15 is 0 Å². The van der Waals surface area contributed by atoms with E-state index in [4.69, 9.17) is 4.74 Å². The first-order valence-corrected chi connectivity index (χ1v) is 6.64. The fraction of sp³-hybridized carbons (Fsp3) is 0.750. The van der Waals surface area contributed by atoms with Crippen LogP contribution in [0.1, 0.15) is 28.9 Å². The van der Waals surface area contributed by atoms with Crippen molar-refractivity contribution in [1.29, 1.82) is 0 Å². The molecular weight excluding hydrogens is 220 g/mol. The molecule has 1 atom stereocenters. The molecule has 0 amide bonds. The molecule has 0 saturated carbocycles. The second-order valence-corrected chi connectivity index (χ2v) is 5.29. The van der Waals surface area contributed by atoms with Crippen LogP contribution in [0.25, 0.3) is 0 Å². The van der Waals surface area contributed by atoms with E-state index in [1.54, 1.807) is 18.4 Å². The number of rotatable bonds is 7. The topological polar surface area (TPSA) is 34.1 Å². The third-order valence-electron chi connectivity index (χ3n) is 2.65. The van der Waals surface area contributed by atoms with Crippen molar-refractivity contribution in [3.05, 3.63) is 15.6 Å². The molecule has 3 nitrogen and oxygen atoms in total. The highest BCUT2D eigenvalue weighted by atomic mass is 32.1. The van der Waals surface area contributed by atoms with Crippen molar-refractivity contribution in [2.75, 3.05) is 20.3 Å². The Morgan fingerprint density at radius 3 is 2.69 bits per heavy atom. The molecule has 1 aromatic heterocycles. The first kappa shape index (κ1) is 13.6. The summed E-state index contributed by atoms with van der Waals surface area (Å²) in [4.78, 5) is 5.83. The van der Waals surface area contributed by atoms with Crippen molar-refractivity contribution in [3.8, 4) is 0 Å². The van der Waals surface area contributed by atoms with Crippen LogP contribution in [0.4, 0.5) is 0 Å². The Kier molecular flexibility index (Phi) is 5.95. The Hall–Kier alpha value is -0.450. The van der Waals surface area contributed by atoms with Crippen molar-refractivity contribution in [1.82, 2.24) is 10.3 Å². The van der Waals surface area contributed by atoms with Crippen LogP contribution in [0.3, 0.4) is 0 Å². The molecule has 0 aliphatic heterocycles. The van der Waals surface area contributed by atoms with E-state index in [0.717, 1.165) is 31.0 Å². The Labute approximate surface area is 102 Å². The Morgan fingerprint density at radius 1 is 1.44 bits per heavy atom.